The Bertz CT molecular complexity index is 904. The van der Waals surface area contributed by atoms with Gasteiger partial charge < -0.3 is 24.3 Å². The highest BCUT2D eigenvalue weighted by Crippen LogP contribution is 2.40. The average molecular weight is 389 g/mol. The van der Waals surface area contributed by atoms with E-state index >= 15 is 0 Å². The maximum Gasteiger partial charge on any atom is 0.339 e. The number of rotatable bonds is 5. The fourth-order valence-electron chi connectivity index (χ4n) is 2.85. The number of hydrogen-bond acceptors (Lipinski definition) is 7. The number of nitrogens with zero attached hydrogens (tertiary/aromatic N) is 2. The van der Waals surface area contributed by atoms with Crippen LogP contribution in [0.3, 0.4) is 0 Å². The van der Waals surface area contributed by atoms with Crippen molar-refractivity contribution in [2.75, 3.05) is 25.6 Å². The lowest BCUT2D eigenvalue weighted by atomic mass is 10.1. The number of fused-ring (bicyclic) bond motifs is 1. The molecule has 28 heavy (non-hydrogen) atoms. The number of nitrogens with one attached hydrogen (secondary N) is 1. The summed E-state index contributed by atoms with van der Waals surface area (Å²) < 4.78 is 23.3. The molecular weight excluding hydrogens is 366 g/mol. The highest BCUT2D eigenvalue weighted by atomic mass is 16.6. The molecule has 1 amide bonds. The van der Waals surface area contributed by atoms with Crippen LogP contribution in [0.2, 0.25) is 0 Å². The number of esters is 1. The van der Waals surface area contributed by atoms with Crippen molar-refractivity contribution in [3.05, 3.63) is 29.1 Å². The summed E-state index contributed by atoms with van der Waals surface area (Å²) in [5.74, 6) is 0.0901. The number of aromatic nitrogens is 2. The number of anilines is 1. The van der Waals surface area contributed by atoms with E-state index in [1.54, 1.807) is 18.7 Å². The summed E-state index contributed by atoms with van der Waals surface area (Å²) in [5.41, 5.74) is 2.30. The summed E-state index contributed by atoms with van der Waals surface area (Å²) in [6.07, 6.45) is -1.01. The third kappa shape index (κ3) is 3.73. The largest absolute Gasteiger partial charge is 0.493 e. The molecule has 9 nitrogen and oxygen atoms in total. The first-order valence-corrected chi connectivity index (χ1v) is 8.81. The zero-order valence-electron chi connectivity index (χ0n) is 16.5. The van der Waals surface area contributed by atoms with Crippen LogP contribution in [-0.2, 0) is 16.6 Å². The third-order valence-corrected chi connectivity index (χ3v) is 4.47. The van der Waals surface area contributed by atoms with E-state index in [4.69, 9.17) is 18.9 Å². The molecule has 2 heterocycles. The summed E-state index contributed by atoms with van der Waals surface area (Å²) in [7, 11) is 3.26. The van der Waals surface area contributed by atoms with Gasteiger partial charge in [-0.05, 0) is 32.9 Å². The van der Waals surface area contributed by atoms with Crippen LogP contribution < -0.4 is 19.5 Å². The molecule has 2 aromatic rings. The molecule has 0 fully saturated rings. The van der Waals surface area contributed by atoms with Crippen LogP contribution >= 0.6 is 0 Å². The third-order valence-electron chi connectivity index (χ3n) is 4.47. The van der Waals surface area contributed by atoms with E-state index in [0.717, 1.165) is 5.69 Å². The van der Waals surface area contributed by atoms with Gasteiger partial charge in [0.25, 0.3) is 5.91 Å². The Hall–Kier alpha value is -3.23. The minimum Gasteiger partial charge on any atom is -0.493 e. The molecule has 0 saturated carbocycles. The fraction of sp³-hybridized carbons (Fsp3) is 0.421. The zero-order valence-corrected chi connectivity index (χ0v) is 16.5. The van der Waals surface area contributed by atoms with Gasteiger partial charge in [-0.2, -0.15) is 5.10 Å². The molecule has 0 spiro atoms. The molecule has 0 unspecified atom stereocenters. The van der Waals surface area contributed by atoms with Crippen LogP contribution in [0.15, 0.2) is 12.1 Å². The predicted molar refractivity (Wildman–Crippen MR) is 100 cm³/mol. The Kier molecular flexibility index (Phi) is 5.43. The van der Waals surface area contributed by atoms with Gasteiger partial charge in [-0.1, -0.05) is 0 Å². The Morgan fingerprint density at radius 3 is 2.61 bits per heavy atom. The smallest absolute Gasteiger partial charge is 0.339 e. The lowest BCUT2D eigenvalue weighted by Crippen LogP contribution is -2.30. The standard InChI is InChI=1S/C19H23N3O6/c1-10-16(11(2)22(4)21-10)20-18(23)12(3)28-19(24)13-8-14(25-5)17-15(9-13)26-6-7-27-17/h8-9,12H,6-7H2,1-5H3,(H,20,23)/t12-/m1/s1. The van der Waals surface area contributed by atoms with Crippen LogP contribution in [0, 0.1) is 13.8 Å². The van der Waals surface area contributed by atoms with Gasteiger partial charge in [0.05, 0.1) is 29.7 Å². The van der Waals surface area contributed by atoms with E-state index in [-0.39, 0.29) is 5.56 Å². The van der Waals surface area contributed by atoms with Crippen LogP contribution in [0.5, 0.6) is 17.2 Å². The lowest BCUT2D eigenvalue weighted by molar-refractivity contribution is -0.123. The van der Waals surface area contributed by atoms with Crippen molar-refractivity contribution in [2.45, 2.75) is 26.9 Å². The molecule has 0 bridgehead atoms. The van der Waals surface area contributed by atoms with E-state index in [1.165, 1.54) is 26.2 Å². The number of amides is 1. The first kappa shape index (κ1) is 19.5. The van der Waals surface area contributed by atoms with Crippen molar-refractivity contribution in [3.63, 3.8) is 0 Å². The molecule has 1 aliphatic rings. The highest BCUT2D eigenvalue weighted by Gasteiger charge is 2.25. The number of carbonyl (C=O) groups is 2. The highest BCUT2D eigenvalue weighted by molar-refractivity contribution is 5.98. The second-order valence-corrected chi connectivity index (χ2v) is 6.41. The first-order valence-electron chi connectivity index (χ1n) is 8.81. The Morgan fingerprint density at radius 1 is 1.25 bits per heavy atom. The molecule has 150 valence electrons. The molecule has 3 rings (SSSR count). The van der Waals surface area contributed by atoms with Gasteiger partial charge in [-0.25, -0.2) is 4.79 Å². The molecule has 1 aromatic carbocycles. The first-order chi connectivity index (χ1) is 13.3. The van der Waals surface area contributed by atoms with Crippen molar-refractivity contribution in [1.29, 1.82) is 0 Å². The second-order valence-electron chi connectivity index (χ2n) is 6.41. The van der Waals surface area contributed by atoms with Gasteiger partial charge >= 0.3 is 5.97 Å². The molecule has 0 saturated heterocycles. The zero-order chi connectivity index (χ0) is 20.4. The van der Waals surface area contributed by atoms with Gasteiger partial charge in [-0.15, -0.1) is 0 Å². The topological polar surface area (TPSA) is 101 Å². The molecule has 1 N–H and O–H groups in total. The van der Waals surface area contributed by atoms with Crippen LogP contribution in [0.25, 0.3) is 0 Å². The van der Waals surface area contributed by atoms with E-state index in [0.29, 0.717) is 41.8 Å². The predicted octanol–water partition coefficient (Wildman–Crippen LogP) is 2.00. The molecule has 1 atom stereocenters. The SMILES string of the molecule is COc1cc(C(=O)O[C@H](C)C(=O)Nc2c(C)nn(C)c2C)cc2c1OCCO2. The molecule has 1 aliphatic heterocycles. The van der Waals surface area contributed by atoms with Gasteiger partial charge in [0, 0.05) is 7.05 Å². The van der Waals surface area contributed by atoms with Crippen molar-refractivity contribution < 1.29 is 28.5 Å². The number of aryl methyl sites for hydroxylation is 2. The molecular formula is C19H23N3O6. The minimum absolute atomic E-state index is 0.203. The Morgan fingerprint density at radius 2 is 1.96 bits per heavy atom. The summed E-state index contributed by atoms with van der Waals surface area (Å²) >= 11 is 0. The lowest BCUT2D eigenvalue weighted by Gasteiger charge is -2.21. The van der Waals surface area contributed by atoms with Gasteiger partial charge in [0.1, 0.15) is 13.2 Å². The Labute approximate surface area is 162 Å². The van der Waals surface area contributed by atoms with E-state index in [2.05, 4.69) is 10.4 Å². The number of hydrogen-bond donors (Lipinski definition) is 1. The van der Waals surface area contributed by atoms with E-state index in [9.17, 15) is 9.59 Å². The van der Waals surface area contributed by atoms with Crippen molar-refractivity contribution in [2.24, 2.45) is 7.05 Å². The summed E-state index contributed by atoms with van der Waals surface area (Å²) in [6.45, 7) is 5.91. The molecule has 9 heteroatoms. The van der Waals surface area contributed by atoms with Crippen molar-refractivity contribution in [1.82, 2.24) is 9.78 Å². The monoisotopic (exact) mass is 389 g/mol. The van der Waals surface area contributed by atoms with Gasteiger partial charge in [-0.3, -0.25) is 9.48 Å². The van der Waals surface area contributed by atoms with Crippen LogP contribution in [0.4, 0.5) is 5.69 Å². The van der Waals surface area contributed by atoms with Gasteiger partial charge in [0.15, 0.2) is 17.6 Å². The summed E-state index contributed by atoms with van der Waals surface area (Å²) in [4.78, 5) is 25.0. The number of carbonyl (C=O) groups excluding carboxylic acids is 2. The normalized spacial score (nSPS) is 13.6. The van der Waals surface area contributed by atoms with E-state index < -0.39 is 18.0 Å². The quantitative estimate of drug-likeness (QED) is 0.781. The summed E-state index contributed by atoms with van der Waals surface area (Å²) in [5, 5.41) is 7.01. The molecule has 0 aliphatic carbocycles. The second kappa shape index (κ2) is 7.79. The maximum absolute atomic E-state index is 12.5. The summed E-state index contributed by atoms with van der Waals surface area (Å²) in [6, 6.07) is 3.01. The van der Waals surface area contributed by atoms with Crippen LogP contribution in [0.1, 0.15) is 28.7 Å². The van der Waals surface area contributed by atoms with Crippen LogP contribution in [-0.4, -0.2) is 48.1 Å². The molecule has 0 radical (unpaired) electrons. The Balaban J connectivity index is 1.72. The maximum atomic E-state index is 12.5. The fourth-order valence-corrected chi connectivity index (χ4v) is 2.85. The number of ether oxygens (including phenoxy) is 4. The van der Waals surface area contributed by atoms with Crippen molar-refractivity contribution in [3.8, 4) is 17.2 Å². The van der Waals surface area contributed by atoms with Gasteiger partial charge in [0.2, 0.25) is 5.75 Å². The number of benzene rings is 1. The van der Waals surface area contributed by atoms with E-state index in [1.807, 2.05) is 6.92 Å². The average Bonchev–Trinajstić information content (AvgIpc) is 2.92. The minimum atomic E-state index is -1.01. The number of methoxy groups -OCH3 is 1. The molecule has 1 aromatic heterocycles. The van der Waals surface area contributed by atoms with Crippen molar-refractivity contribution >= 4 is 17.6 Å².